The van der Waals surface area contributed by atoms with Gasteiger partial charge in [0, 0.05) is 6.04 Å². The van der Waals surface area contributed by atoms with Gasteiger partial charge in [0.25, 0.3) is 0 Å². The van der Waals surface area contributed by atoms with E-state index in [9.17, 15) is 9.90 Å². The number of hydrogen-bond donors (Lipinski definition) is 1. The van der Waals surface area contributed by atoms with Crippen LogP contribution in [0.4, 0.5) is 4.79 Å². The molecule has 0 aromatic rings. The lowest BCUT2D eigenvalue weighted by Crippen LogP contribution is -2.73. The smallest absolute Gasteiger partial charge is 0.411 e. The van der Waals surface area contributed by atoms with Crippen molar-refractivity contribution in [3.05, 3.63) is 0 Å². The summed E-state index contributed by atoms with van der Waals surface area (Å²) in [7, 11) is 0. The van der Waals surface area contributed by atoms with E-state index in [1.54, 1.807) is 4.90 Å². The van der Waals surface area contributed by atoms with Gasteiger partial charge in [-0.15, -0.1) is 0 Å². The molecule has 4 heteroatoms. The highest BCUT2D eigenvalue weighted by Gasteiger charge is 2.58. The molecule has 3 unspecified atom stereocenters. The van der Waals surface area contributed by atoms with E-state index >= 15 is 0 Å². The van der Waals surface area contributed by atoms with Crippen molar-refractivity contribution in [1.29, 1.82) is 0 Å². The van der Waals surface area contributed by atoms with Crippen molar-refractivity contribution in [2.75, 3.05) is 6.61 Å². The maximum atomic E-state index is 12.1. The van der Waals surface area contributed by atoms with Crippen LogP contribution in [-0.4, -0.2) is 39.9 Å². The van der Waals surface area contributed by atoms with Gasteiger partial charge in [0.2, 0.25) is 0 Å². The van der Waals surface area contributed by atoms with Crippen molar-refractivity contribution in [1.82, 2.24) is 4.90 Å². The summed E-state index contributed by atoms with van der Waals surface area (Å²) in [5.41, 5.74) is -0.812. The summed E-state index contributed by atoms with van der Waals surface area (Å²) in [6.07, 6.45) is 2.57. The zero-order valence-electron chi connectivity index (χ0n) is 11.2. The maximum Gasteiger partial charge on any atom is 0.411 e. The van der Waals surface area contributed by atoms with E-state index in [0.29, 0.717) is 5.92 Å². The van der Waals surface area contributed by atoms with Crippen LogP contribution in [0.2, 0.25) is 0 Å². The average Bonchev–Trinajstić information content (AvgIpc) is 2.12. The predicted molar refractivity (Wildman–Crippen MR) is 64.7 cm³/mol. The number of carbonyl (C=O) groups is 1. The number of aliphatic hydroxyl groups excluding tert-OH is 1. The molecule has 3 aliphatic rings. The van der Waals surface area contributed by atoms with Crippen molar-refractivity contribution < 1.29 is 14.6 Å². The van der Waals surface area contributed by atoms with E-state index in [1.165, 1.54) is 0 Å². The number of ether oxygens (including phenoxy) is 1. The molecule has 1 saturated carbocycles. The van der Waals surface area contributed by atoms with Gasteiger partial charge in [0.15, 0.2) is 0 Å². The van der Waals surface area contributed by atoms with E-state index in [1.807, 2.05) is 20.8 Å². The summed E-state index contributed by atoms with van der Waals surface area (Å²) < 4.78 is 5.42. The molecule has 1 N–H and O–H groups in total. The molecule has 2 bridgehead atoms. The Morgan fingerprint density at radius 1 is 1.47 bits per heavy atom. The second kappa shape index (κ2) is 3.87. The fourth-order valence-electron chi connectivity index (χ4n) is 3.33. The normalized spacial score (nSPS) is 36.4. The number of rotatable bonds is 1. The summed E-state index contributed by atoms with van der Waals surface area (Å²) in [4.78, 5) is 13.9. The van der Waals surface area contributed by atoms with Gasteiger partial charge < -0.3 is 9.84 Å². The summed E-state index contributed by atoms with van der Waals surface area (Å²) in [5, 5.41) is 9.57. The first kappa shape index (κ1) is 12.7. The summed E-state index contributed by atoms with van der Waals surface area (Å²) >= 11 is 0. The molecule has 3 atom stereocenters. The van der Waals surface area contributed by atoms with Crippen LogP contribution in [0, 0.1) is 5.92 Å². The van der Waals surface area contributed by atoms with Gasteiger partial charge in [0.1, 0.15) is 5.60 Å². The minimum absolute atomic E-state index is 0.0487. The Balaban J connectivity index is 2.09. The number of carbonyl (C=O) groups excluding carboxylic acids is 1. The van der Waals surface area contributed by atoms with E-state index in [-0.39, 0.29) is 24.3 Å². The molecular weight excluding hydrogens is 218 g/mol. The van der Waals surface area contributed by atoms with Crippen molar-refractivity contribution in [3.8, 4) is 0 Å². The Labute approximate surface area is 103 Å². The Kier molecular flexibility index (Phi) is 2.89. The lowest BCUT2D eigenvalue weighted by atomic mass is 9.65. The van der Waals surface area contributed by atoms with E-state index in [2.05, 4.69) is 6.92 Å². The molecule has 1 aliphatic carbocycles. The number of aliphatic hydroxyl groups is 1. The van der Waals surface area contributed by atoms with Gasteiger partial charge in [-0.25, -0.2) is 4.79 Å². The number of hydrogen-bond acceptors (Lipinski definition) is 3. The van der Waals surface area contributed by atoms with E-state index < -0.39 is 5.60 Å². The topological polar surface area (TPSA) is 49.8 Å². The van der Waals surface area contributed by atoms with Crippen molar-refractivity contribution in [2.45, 2.75) is 64.1 Å². The zero-order chi connectivity index (χ0) is 12.8. The highest BCUT2D eigenvalue weighted by atomic mass is 16.6. The van der Waals surface area contributed by atoms with E-state index in [4.69, 9.17) is 4.74 Å². The van der Waals surface area contributed by atoms with Gasteiger partial charge in [-0.2, -0.15) is 0 Å². The fourth-order valence-corrected chi connectivity index (χ4v) is 3.33. The third-order valence-electron chi connectivity index (χ3n) is 3.78. The minimum Gasteiger partial charge on any atom is -0.444 e. The molecule has 1 amide bonds. The van der Waals surface area contributed by atoms with Crippen LogP contribution >= 0.6 is 0 Å². The number of nitrogens with zero attached hydrogens (tertiary/aromatic N) is 1. The third-order valence-corrected chi connectivity index (χ3v) is 3.78. The number of fused-ring (bicyclic) bond motifs is 2. The fraction of sp³-hybridized carbons (Fsp3) is 0.923. The molecule has 0 aromatic carbocycles. The molecule has 2 aliphatic heterocycles. The molecule has 0 aromatic heterocycles. The van der Waals surface area contributed by atoms with Crippen molar-refractivity contribution >= 4 is 6.09 Å². The van der Waals surface area contributed by atoms with Crippen molar-refractivity contribution in [3.63, 3.8) is 0 Å². The van der Waals surface area contributed by atoms with Crippen LogP contribution < -0.4 is 0 Å². The molecule has 3 rings (SSSR count). The second-order valence-electron chi connectivity index (χ2n) is 6.64. The number of piperidine rings is 1. The SMILES string of the molecule is CC1CC2CC(CO)(C1)N2C(=O)OC(C)(C)C. The Hall–Kier alpha value is -0.770. The molecular formula is C13H23NO3. The standard InChI is InChI=1S/C13H23NO3/c1-9-5-10-7-13(6-9,8-15)14(10)11(16)17-12(2,3)4/h9-10,15H,5-8H2,1-4H3. The molecule has 2 heterocycles. The predicted octanol–water partition coefficient (Wildman–Crippen LogP) is 2.16. The van der Waals surface area contributed by atoms with Crippen LogP contribution in [0.1, 0.15) is 47.0 Å². The average molecular weight is 241 g/mol. The first-order valence-electron chi connectivity index (χ1n) is 6.41. The summed E-state index contributed by atoms with van der Waals surface area (Å²) in [6.45, 7) is 7.84. The lowest BCUT2D eigenvalue weighted by Gasteiger charge is -2.62. The van der Waals surface area contributed by atoms with Crippen LogP contribution in [0.15, 0.2) is 0 Å². The molecule has 98 valence electrons. The molecule has 3 fully saturated rings. The molecule has 4 nitrogen and oxygen atoms in total. The van der Waals surface area contributed by atoms with Crippen LogP contribution in [0.3, 0.4) is 0 Å². The highest BCUT2D eigenvalue weighted by molar-refractivity contribution is 5.71. The van der Waals surface area contributed by atoms with Crippen molar-refractivity contribution in [2.24, 2.45) is 5.92 Å². The summed E-state index contributed by atoms with van der Waals surface area (Å²) in [6, 6.07) is 0.265. The molecule has 17 heavy (non-hydrogen) atoms. The Morgan fingerprint density at radius 3 is 2.65 bits per heavy atom. The largest absolute Gasteiger partial charge is 0.444 e. The van der Waals surface area contributed by atoms with E-state index in [0.717, 1.165) is 19.3 Å². The first-order valence-corrected chi connectivity index (χ1v) is 6.41. The molecule has 0 radical (unpaired) electrons. The second-order valence-corrected chi connectivity index (χ2v) is 6.64. The van der Waals surface area contributed by atoms with Crippen LogP contribution in [0.25, 0.3) is 0 Å². The summed E-state index contributed by atoms with van der Waals surface area (Å²) in [5.74, 6) is 0.583. The van der Waals surface area contributed by atoms with Gasteiger partial charge >= 0.3 is 6.09 Å². The van der Waals surface area contributed by atoms with Gasteiger partial charge in [0.05, 0.1) is 12.1 Å². The lowest BCUT2D eigenvalue weighted by molar-refractivity contribution is -0.142. The monoisotopic (exact) mass is 241 g/mol. The Morgan fingerprint density at radius 2 is 2.12 bits per heavy atom. The Bertz CT molecular complexity index is 323. The number of amides is 1. The quantitative estimate of drug-likeness (QED) is 0.765. The minimum atomic E-state index is -0.469. The zero-order valence-corrected chi connectivity index (χ0v) is 11.2. The maximum absolute atomic E-state index is 12.1. The van der Waals surface area contributed by atoms with Crippen LogP contribution in [0.5, 0.6) is 0 Å². The van der Waals surface area contributed by atoms with Gasteiger partial charge in [-0.05, 0) is 46.0 Å². The third kappa shape index (κ3) is 2.15. The molecule has 0 spiro atoms. The van der Waals surface area contributed by atoms with Crippen LogP contribution in [-0.2, 0) is 4.74 Å². The van der Waals surface area contributed by atoms with Gasteiger partial charge in [-0.1, -0.05) is 6.92 Å². The van der Waals surface area contributed by atoms with Gasteiger partial charge in [-0.3, -0.25) is 4.90 Å². The highest BCUT2D eigenvalue weighted by Crippen LogP contribution is 2.49. The first-order chi connectivity index (χ1) is 7.77. The molecule has 2 saturated heterocycles.